The molecule has 0 aliphatic rings. The van der Waals surface area contributed by atoms with Gasteiger partial charge in [-0.05, 0) is 30.3 Å². The minimum Gasteiger partial charge on any atom is -0.497 e. The highest BCUT2D eigenvalue weighted by molar-refractivity contribution is 6.33. The van der Waals surface area contributed by atoms with Crippen molar-refractivity contribution < 1.29 is 4.74 Å². The molecule has 0 spiro atoms. The SMILES string of the molecule is COc1ccc(-n2nnc(CN)c2-c2ccccc2Cl)cc1. The maximum atomic E-state index is 6.32. The number of benzene rings is 2. The fourth-order valence-electron chi connectivity index (χ4n) is 2.28. The van der Waals surface area contributed by atoms with Crippen LogP contribution in [-0.2, 0) is 6.54 Å². The van der Waals surface area contributed by atoms with E-state index in [1.54, 1.807) is 11.8 Å². The van der Waals surface area contributed by atoms with Crippen LogP contribution in [0.2, 0.25) is 5.02 Å². The van der Waals surface area contributed by atoms with E-state index >= 15 is 0 Å². The average molecular weight is 315 g/mol. The molecule has 0 amide bonds. The lowest BCUT2D eigenvalue weighted by Gasteiger charge is -2.10. The minimum atomic E-state index is 0.288. The van der Waals surface area contributed by atoms with Crippen LogP contribution in [0.15, 0.2) is 48.5 Å². The van der Waals surface area contributed by atoms with Gasteiger partial charge in [-0.2, -0.15) is 0 Å². The van der Waals surface area contributed by atoms with E-state index in [-0.39, 0.29) is 6.54 Å². The van der Waals surface area contributed by atoms with Gasteiger partial charge in [0.1, 0.15) is 17.1 Å². The van der Waals surface area contributed by atoms with Crippen LogP contribution in [0.25, 0.3) is 16.9 Å². The van der Waals surface area contributed by atoms with Crippen molar-refractivity contribution >= 4 is 11.6 Å². The van der Waals surface area contributed by atoms with Gasteiger partial charge in [-0.25, -0.2) is 4.68 Å². The molecule has 0 saturated carbocycles. The van der Waals surface area contributed by atoms with E-state index in [0.717, 1.165) is 22.7 Å². The number of aromatic nitrogens is 3. The van der Waals surface area contributed by atoms with Gasteiger partial charge in [0.15, 0.2) is 0 Å². The van der Waals surface area contributed by atoms with Gasteiger partial charge >= 0.3 is 0 Å². The quantitative estimate of drug-likeness (QED) is 0.803. The Morgan fingerprint density at radius 2 is 1.86 bits per heavy atom. The summed E-state index contributed by atoms with van der Waals surface area (Å²) in [5.74, 6) is 0.780. The predicted molar refractivity (Wildman–Crippen MR) is 86.2 cm³/mol. The Kier molecular flexibility index (Phi) is 4.09. The lowest BCUT2D eigenvalue weighted by molar-refractivity contribution is 0.414. The number of ether oxygens (including phenoxy) is 1. The fourth-order valence-corrected chi connectivity index (χ4v) is 2.50. The molecule has 0 unspecified atom stereocenters. The molecule has 3 aromatic rings. The molecule has 2 aromatic carbocycles. The van der Waals surface area contributed by atoms with E-state index in [1.165, 1.54) is 0 Å². The van der Waals surface area contributed by atoms with Gasteiger partial charge in [-0.1, -0.05) is 35.0 Å². The summed E-state index contributed by atoms with van der Waals surface area (Å²) in [5.41, 5.74) is 9.01. The number of rotatable bonds is 4. The Hall–Kier alpha value is -2.37. The van der Waals surface area contributed by atoms with Crippen LogP contribution in [0.1, 0.15) is 5.69 Å². The average Bonchev–Trinajstić information content (AvgIpc) is 2.99. The summed E-state index contributed by atoms with van der Waals surface area (Å²) < 4.78 is 6.92. The first kappa shape index (κ1) is 14.6. The van der Waals surface area contributed by atoms with Crippen LogP contribution < -0.4 is 10.5 Å². The number of hydrogen-bond donors (Lipinski definition) is 1. The summed E-state index contributed by atoms with van der Waals surface area (Å²) >= 11 is 6.32. The Bertz CT molecular complexity index is 783. The third-order valence-electron chi connectivity index (χ3n) is 3.38. The lowest BCUT2D eigenvalue weighted by Crippen LogP contribution is -2.03. The Labute approximate surface area is 133 Å². The first-order valence-electron chi connectivity index (χ1n) is 6.78. The first-order valence-corrected chi connectivity index (χ1v) is 7.16. The van der Waals surface area contributed by atoms with E-state index in [9.17, 15) is 0 Å². The number of hydrogen-bond acceptors (Lipinski definition) is 4. The molecule has 0 aliphatic heterocycles. The highest BCUT2D eigenvalue weighted by Gasteiger charge is 2.17. The van der Waals surface area contributed by atoms with Crippen LogP contribution in [0.5, 0.6) is 5.75 Å². The number of methoxy groups -OCH3 is 1. The molecule has 0 saturated heterocycles. The number of nitrogens with two attached hydrogens (primary N) is 1. The normalized spacial score (nSPS) is 10.7. The molecule has 3 rings (SSSR count). The third kappa shape index (κ3) is 2.56. The van der Waals surface area contributed by atoms with E-state index in [1.807, 2.05) is 48.5 Å². The molecule has 0 bridgehead atoms. The standard InChI is InChI=1S/C16H15ClN4O/c1-22-12-8-6-11(7-9-12)21-16(15(10-18)19-20-21)13-4-2-3-5-14(13)17/h2-9H,10,18H2,1H3. The third-order valence-corrected chi connectivity index (χ3v) is 3.71. The molecule has 1 aromatic heterocycles. The van der Waals surface area contributed by atoms with E-state index in [4.69, 9.17) is 22.1 Å². The van der Waals surface area contributed by atoms with Crippen LogP contribution in [0.4, 0.5) is 0 Å². The maximum absolute atomic E-state index is 6.32. The van der Waals surface area contributed by atoms with Crippen LogP contribution >= 0.6 is 11.6 Å². The molecule has 5 nitrogen and oxygen atoms in total. The second-order valence-corrected chi connectivity index (χ2v) is 5.09. The molecule has 0 aliphatic carbocycles. The molecule has 22 heavy (non-hydrogen) atoms. The highest BCUT2D eigenvalue weighted by atomic mass is 35.5. The zero-order valence-electron chi connectivity index (χ0n) is 12.0. The van der Waals surface area contributed by atoms with Gasteiger partial charge in [0.25, 0.3) is 0 Å². The van der Waals surface area contributed by atoms with Crippen molar-refractivity contribution in [3.63, 3.8) is 0 Å². The molecule has 0 fully saturated rings. The lowest BCUT2D eigenvalue weighted by atomic mass is 10.1. The van der Waals surface area contributed by atoms with E-state index < -0.39 is 0 Å². The van der Waals surface area contributed by atoms with Crippen LogP contribution in [0.3, 0.4) is 0 Å². The van der Waals surface area contributed by atoms with Gasteiger partial charge in [-0.15, -0.1) is 5.10 Å². The topological polar surface area (TPSA) is 66.0 Å². The monoisotopic (exact) mass is 314 g/mol. The summed E-state index contributed by atoms with van der Waals surface area (Å²) in [6.45, 7) is 0.288. The molecule has 0 radical (unpaired) electrons. The van der Waals surface area contributed by atoms with Crippen LogP contribution in [0, 0.1) is 0 Å². The Morgan fingerprint density at radius 3 is 2.50 bits per heavy atom. The van der Waals surface area contributed by atoms with Crippen molar-refractivity contribution in [2.24, 2.45) is 5.73 Å². The summed E-state index contributed by atoms with van der Waals surface area (Å²) in [5, 5.41) is 9.02. The van der Waals surface area contributed by atoms with Crippen molar-refractivity contribution in [3.8, 4) is 22.7 Å². The largest absolute Gasteiger partial charge is 0.497 e. The Morgan fingerprint density at radius 1 is 1.14 bits per heavy atom. The molecule has 6 heteroatoms. The zero-order chi connectivity index (χ0) is 15.5. The van der Waals surface area contributed by atoms with Crippen molar-refractivity contribution in [2.45, 2.75) is 6.54 Å². The second-order valence-electron chi connectivity index (χ2n) is 4.68. The second kappa shape index (κ2) is 6.17. The smallest absolute Gasteiger partial charge is 0.119 e. The summed E-state index contributed by atoms with van der Waals surface area (Å²) in [6.07, 6.45) is 0. The van der Waals surface area contributed by atoms with E-state index in [0.29, 0.717) is 10.7 Å². The molecule has 2 N–H and O–H groups in total. The van der Waals surface area contributed by atoms with Crippen LogP contribution in [-0.4, -0.2) is 22.1 Å². The molecular weight excluding hydrogens is 300 g/mol. The van der Waals surface area contributed by atoms with E-state index in [2.05, 4.69) is 10.3 Å². The van der Waals surface area contributed by atoms with Gasteiger partial charge in [-0.3, -0.25) is 0 Å². The number of nitrogens with zero attached hydrogens (tertiary/aromatic N) is 3. The maximum Gasteiger partial charge on any atom is 0.119 e. The summed E-state index contributed by atoms with van der Waals surface area (Å²) in [6, 6.07) is 15.1. The molecule has 1 heterocycles. The highest BCUT2D eigenvalue weighted by Crippen LogP contribution is 2.31. The number of halogens is 1. The zero-order valence-corrected chi connectivity index (χ0v) is 12.8. The molecule has 0 atom stereocenters. The Balaban J connectivity index is 2.17. The van der Waals surface area contributed by atoms with Crippen molar-refractivity contribution in [1.82, 2.24) is 15.0 Å². The summed E-state index contributed by atoms with van der Waals surface area (Å²) in [7, 11) is 1.63. The molecule has 112 valence electrons. The van der Waals surface area contributed by atoms with Gasteiger partial charge in [0.05, 0.1) is 17.8 Å². The molecular formula is C16H15ClN4O. The van der Waals surface area contributed by atoms with Gasteiger partial charge < -0.3 is 10.5 Å². The first-order chi connectivity index (χ1) is 10.7. The van der Waals surface area contributed by atoms with Crippen molar-refractivity contribution in [3.05, 3.63) is 59.2 Å². The minimum absolute atomic E-state index is 0.288. The van der Waals surface area contributed by atoms with Gasteiger partial charge in [0.2, 0.25) is 0 Å². The fraction of sp³-hybridized carbons (Fsp3) is 0.125. The van der Waals surface area contributed by atoms with Crippen molar-refractivity contribution in [1.29, 1.82) is 0 Å². The van der Waals surface area contributed by atoms with Crippen molar-refractivity contribution in [2.75, 3.05) is 7.11 Å². The summed E-state index contributed by atoms with van der Waals surface area (Å²) in [4.78, 5) is 0. The van der Waals surface area contributed by atoms with Gasteiger partial charge in [0, 0.05) is 12.1 Å². The predicted octanol–water partition coefficient (Wildman–Crippen LogP) is 3.06.